The van der Waals surface area contributed by atoms with Crippen molar-refractivity contribution in [1.29, 1.82) is 0 Å². The third-order valence-corrected chi connectivity index (χ3v) is 3.68. The molecule has 0 amide bonds. The Balaban J connectivity index is 1.78. The van der Waals surface area contributed by atoms with Crippen LogP contribution in [0.1, 0.15) is 22.8 Å². The van der Waals surface area contributed by atoms with Gasteiger partial charge in [-0.1, -0.05) is 6.07 Å². The number of hydrogen-bond donors (Lipinski definition) is 1. The molecule has 0 saturated heterocycles. The summed E-state index contributed by atoms with van der Waals surface area (Å²) in [5.41, 5.74) is 3.58. The number of aliphatic hydroxyl groups excluding tert-OH is 1. The van der Waals surface area contributed by atoms with Crippen molar-refractivity contribution >= 4 is 5.52 Å². The minimum Gasteiger partial charge on any atom is -0.493 e. The maximum absolute atomic E-state index is 10.6. The van der Waals surface area contributed by atoms with E-state index in [-0.39, 0.29) is 0 Å². The Morgan fingerprint density at radius 2 is 2.25 bits per heavy atom. The number of hydrogen-bond acceptors (Lipinski definition) is 4. The van der Waals surface area contributed by atoms with Crippen molar-refractivity contribution in [1.82, 2.24) is 14.6 Å². The minimum absolute atomic E-state index is 0.706. The fourth-order valence-electron chi connectivity index (χ4n) is 2.62. The van der Waals surface area contributed by atoms with Gasteiger partial charge in [0.1, 0.15) is 11.9 Å². The second-order valence-electron chi connectivity index (χ2n) is 4.87. The van der Waals surface area contributed by atoms with Crippen molar-refractivity contribution < 1.29 is 9.84 Å². The first-order valence-corrected chi connectivity index (χ1v) is 6.54. The molecule has 5 nitrogen and oxygen atoms in total. The third-order valence-electron chi connectivity index (χ3n) is 3.68. The first-order valence-electron chi connectivity index (χ1n) is 6.54. The lowest BCUT2D eigenvalue weighted by Gasteiger charge is -2.11. The molecular formula is C15H13N3O2. The molecule has 0 spiro atoms. The van der Waals surface area contributed by atoms with Crippen molar-refractivity contribution in [3.05, 3.63) is 59.7 Å². The largest absolute Gasteiger partial charge is 0.493 e. The van der Waals surface area contributed by atoms with E-state index in [0.717, 1.165) is 41.0 Å². The molecule has 100 valence electrons. The van der Waals surface area contributed by atoms with Gasteiger partial charge in [0.2, 0.25) is 0 Å². The Labute approximate surface area is 115 Å². The standard InChI is InChI=1S/C15H13N3O2/c19-15(11-1-2-14-10(7-11)3-6-20-14)12-8-17-18-5-4-16-9-13(12)18/h1-2,4-5,7-9,15,19H,3,6H2. The zero-order chi connectivity index (χ0) is 13.5. The predicted molar refractivity (Wildman–Crippen MR) is 72.7 cm³/mol. The van der Waals surface area contributed by atoms with Gasteiger partial charge in [0, 0.05) is 24.4 Å². The lowest BCUT2D eigenvalue weighted by Crippen LogP contribution is -2.00. The number of aliphatic hydroxyl groups is 1. The molecule has 5 heteroatoms. The molecule has 3 aromatic rings. The van der Waals surface area contributed by atoms with E-state index in [1.54, 1.807) is 29.3 Å². The summed E-state index contributed by atoms with van der Waals surface area (Å²) in [4.78, 5) is 4.09. The van der Waals surface area contributed by atoms with Gasteiger partial charge in [-0.05, 0) is 23.3 Å². The van der Waals surface area contributed by atoms with Gasteiger partial charge in [0.05, 0.1) is 24.5 Å². The zero-order valence-electron chi connectivity index (χ0n) is 10.7. The molecule has 2 aromatic heterocycles. The summed E-state index contributed by atoms with van der Waals surface area (Å²) in [7, 11) is 0. The first-order chi connectivity index (χ1) is 9.83. The molecule has 20 heavy (non-hydrogen) atoms. The number of nitrogens with zero attached hydrogens (tertiary/aromatic N) is 3. The van der Waals surface area contributed by atoms with Crippen LogP contribution in [0.25, 0.3) is 5.52 Å². The van der Waals surface area contributed by atoms with Crippen molar-refractivity contribution in [3.8, 4) is 5.75 Å². The number of benzene rings is 1. The minimum atomic E-state index is -0.706. The van der Waals surface area contributed by atoms with Gasteiger partial charge in [-0.3, -0.25) is 4.98 Å². The maximum atomic E-state index is 10.6. The molecule has 0 fully saturated rings. The SMILES string of the molecule is OC(c1ccc2c(c1)CCO2)c1cnn2ccncc12. The summed E-state index contributed by atoms with van der Waals surface area (Å²) in [6.45, 7) is 0.718. The van der Waals surface area contributed by atoms with Gasteiger partial charge >= 0.3 is 0 Å². The number of rotatable bonds is 2. The second-order valence-corrected chi connectivity index (χ2v) is 4.87. The van der Waals surface area contributed by atoms with Crippen molar-refractivity contribution in [2.75, 3.05) is 6.61 Å². The van der Waals surface area contributed by atoms with Crippen LogP contribution in [0, 0.1) is 0 Å². The Morgan fingerprint density at radius 3 is 3.20 bits per heavy atom. The van der Waals surface area contributed by atoms with Crippen LogP contribution >= 0.6 is 0 Å². The van der Waals surface area contributed by atoms with Crippen molar-refractivity contribution in [2.24, 2.45) is 0 Å². The quantitative estimate of drug-likeness (QED) is 0.768. The van der Waals surface area contributed by atoms with E-state index in [4.69, 9.17) is 4.74 Å². The van der Waals surface area contributed by atoms with E-state index in [9.17, 15) is 5.11 Å². The Bertz CT molecular complexity index is 782. The zero-order valence-corrected chi connectivity index (χ0v) is 10.7. The van der Waals surface area contributed by atoms with Gasteiger partial charge < -0.3 is 9.84 Å². The third kappa shape index (κ3) is 1.67. The molecule has 1 aliphatic heterocycles. The fraction of sp³-hybridized carbons (Fsp3) is 0.200. The Morgan fingerprint density at radius 1 is 1.30 bits per heavy atom. The number of ether oxygens (including phenoxy) is 1. The Kier molecular flexibility index (Phi) is 2.47. The van der Waals surface area contributed by atoms with Gasteiger partial charge in [0.15, 0.2) is 0 Å². The predicted octanol–water partition coefficient (Wildman–Crippen LogP) is 1.75. The highest BCUT2D eigenvalue weighted by Crippen LogP contribution is 2.31. The van der Waals surface area contributed by atoms with E-state index < -0.39 is 6.10 Å². The lowest BCUT2D eigenvalue weighted by molar-refractivity contribution is 0.221. The average molecular weight is 267 g/mol. The molecule has 4 rings (SSSR count). The molecule has 1 N–H and O–H groups in total. The Hall–Kier alpha value is -2.40. The van der Waals surface area contributed by atoms with E-state index in [0.29, 0.717) is 0 Å². The highest BCUT2D eigenvalue weighted by molar-refractivity contribution is 5.55. The molecule has 1 atom stereocenters. The van der Waals surface area contributed by atoms with Crippen LogP contribution in [0.2, 0.25) is 0 Å². The molecule has 1 unspecified atom stereocenters. The molecule has 0 bridgehead atoms. The van der Waals surface area contributed by atoms with E-state index in [1.807, 2.05) is 18.2 Å². The summed E-state index contributed by atoms with van der Waals surface area (Å²) in [5, 5.41) is 14.8. The fourth-order valence-corrected chi connectivity index (χ4v) is 2.62. The van der Waals surface area contributed by atoms with Crippen LogP contribution in [-0.2, 0) is 6.42 Å². The van der Waals surface area contributed by atoms with Gasteiger partial charge in [-0.2, -0.15) is 5.10 Å². The van der Waals surface area contributed by atoms with Gasteiger partial charge in [0.25, 0.3) is 0 Å². The normalized spacial score (nSPS) is 15.1. The van der Waals surface area contributed by atoms with E-state index >= 15 is 0 Å². The molecule has 0 saturated carbocycles. The topological polar surface area (TPSA) is 59.7 Å². The van der Waals surface area contributed by atoms with Crippen LogP contribution in [0.5, 0.6) is 5.75 Å². The summed E-state index contributed by atoms with van der Waals surface area (Å²) in [5.74, 6) is 0.919. The van der Waals surface area contributed by atoms with Crippen LogP contribution < -0.4 is 4.74 Å². The maximum Gasteiger partial charge on any atom is 0.122 e. The first kappa shape index (κ1) is 11.4. The molecule has 0 radical (unpaired) electrons. The van der Waals surface area contributed by atoms with Crippen LogP contribution in [0.4, 0.5) is 0 Å². The summed E-state index contributed by atoms with van der Waals surface area (Å²) < 4.78 is 7.20. The smallest absolute Gasteiger partial charge is 0.122 e. The summed E-state index contributed by atoms with van der Waals surface area (Å²) in [6.07, 6.45) is 7.02. The summed E-state index contributed by atoms with van der Waals surface area (Å²) in [6, 6.07) is 5.83. The van der Waals surface area contributed by atoms with Crippen molar-refractivity contribution in [3.63, 3.8) is 0 Å². The molecule has 1 aromatic carbocycles. The lowest BCUT2D eigenvalue weighted by atomic mass is 10.00. The van der Waals surface area contributed by atoms with Crippen molar-refractivity contribution in [2.45, 2.75) is 12.5 Å². The number of fused-ring (bicyclic) bond motifs is 2. The molecule has 1 aliphatic rings. The monoisotopic (exact) mass is 267 g/mol. The van der Waals surface area contributed by atoms with Gasteiger partial charge in [-0.15, -0.1) is 0 Å². The molecule has 3 heterocycles. The highest BCUT2D eigenvalue weighted by Gasteiger charge is 2.19. The van der Waals surface area contributed by atoms with E-state index in [2.05, 4.69) is 10.1 Å². The molecule has 0 aliphatic carbocycles. The average Bonchev–Trinajstić information content (AvgIpc) is 3.12. The van der Waals surface area contributed by atoms with Crippen LogP contribution in [0.3, 0.4) is 0 Å². The molecular weight excluding hydrogens is 254 g/mol. The van der Waals surface area contributed by atoms with Gasteiger partial charge in [-0.25, -0.2) is 4.52 Å². The van der Waals surface area contributed by atoms with Crippen LogP contribution in [0.15, 0.2) is 43.0 Å². The number of aromatic nitrogens is 3. The highest BCUT2D eigenvalue weighted by atomic mass is 16.5. The van der Waals surface area contributed by atoms with E-state index in [1.165, 1.54) is 0 Å². The van der Waals surface area contributed by atoms with Crippen LogP contribution in [-0.4, -0.2) is 26.3 Å². The second kappa shape index (κ2) is 4.31. The summed E-state index contributed by atoms with van der Waals surface area (Å²) >= 11 is 0.